The molecule has 1 rings (SSSR count). The third-order valence-corrected chi connectivity index (χ3v) is 2.58. The molecule has 0 aliphatic heterocycles. The van der Waals surface area contributed by atoms with Gasteiger partial charge in [-0.3, -0.25) is 0 Å². The summed E-state index contributed by atoms with van der Waals surface area (Å²) in [5, 5.41) is 9.92. The van der Waals surface area contributed by atoms with Gasteiger partial charge in [-0.1, -0.05) is 0 Å². The van der Waals surface area contributed by atoms with Crippen molar-refractivity contribution < 1.29 is 9.84 Å². The Bertz CT molecular complexity index is 313. The van der Waals surface area contributed by atoms with Crippen LogP contribution in [-0.2, 0) is 0 Å². The second-order valence-corrected chi connectivity index (χ2v) is 3.77. The first kappa shape index (κ1) is 12.0. The summed E-state index contributed by atoms with van der Waals surface area (Å²) in [6.45, 7) is 4.45. The van der Waals surface area contributed by atoms with Crippen LogP contribution in [0.3, 0.4) is 0 Å². The highest BCUT2D eigenvalue weighted by Gasteiger charge is 2.13. The molecule has 0 bridgehead atoms. The van der Waals surface area contributed by atoms with Gasteiger partial charge in [0.1, 0.15) is 5.75 Å². The van der Waals surface area contributed by atoms with Crippen LogP contribution in [0, 0.1) is 13.8 Å². The van der Waals surface area contributed by atoms with Crippen molar-refractivity contribution in [1.82, 2.24) is 0 Å². The molecule has 0 saturated carbocycles. The summed E-state index contributed by atoms with van der Waals surface area (Å²) < 4.78 is 5.16. The van der Waals surface area contributed by atoms with Gasteiger partial charge in [0.05, 0.1) is 13.2 Å². The molecule has 1 aromatic rings. The topological polar surface area (TPSA) is 55.5 Å². The van der Waals surface area contributed by atoms with Crippen molar-refractivity contribution in [2.24, 2.45) is 5.73 Å². The SMILES string of the molecule is COc1cc(C)c(C(O)CCN)c(C)c1. The summed E-state index contributed by atoms with van der Waals surface area (Å²) in [5.74, 6) is 0.827. The summed E-state index contributed by atoms with van der Waals surface area (Å²) in [6, 6.07) is 3.87. The molecule has 0 heterocycles. The van der Waals surface area contributed by atoms with Gasteiger partial charge in [-0.05, 0) is 55.6 Å². The first-order valence-corrected chi connectivity index (χ1v) is 5.13. The minimum atomic E-state index is -0.471. The Morgan fingerprint density at radius 2 is 1.87 bits per heavy atom. The fraction of sp³-hybridized carbons (Fsp3) is 0.500. The molecule has 0 radical (unpaired) electrons. The Balaban J connectivity index is 3.07. The van der Waals surface area contributed by atoms with Crippen molar-refractivity contribution in [3.8, 4) is 5.75 Å². The lowest BCUT2D eigenvalue weighted by atomic mass is 9.96. The average Bonchev–Trinajstić information content (AvgIpc) is 2.16. The maximum absolute atomic E-state index is 9.92. The quantitative estimate of drug-likeness (QED) is 0.793. The van der Waals surface area contributed by atoms with E-state index in [1.807, 2.05) is 26.0 Å². The Kier molecular flexibility index (Phi) is 4.12. The van der Waals surface area contributed by atoms with E-state index in [4.69, 9.17) is 10.5 Å². The van der Waals surface area contributed by atoms with E-state index < -0.39 is 6.10 Å². The molecular weight excluding hydrogens is 190 g/mol. The number of aliphatic hydroxyl groups is 1. The van der Waals surface area contributed by atoms with Gasteiger partial charge in [0.15, 0.2) is 0 Å². The van der Waals surface area contributed by atoms with Crippen molar-refractivity contribution in [3.05, 3.63) is 28.8 Å². The molecule has 3 N–H and O–H groups in total. The number of rotatable bonds is 4. The van der Waals surface area contributed by atoms with Gasteiger partial charge in [-0.15, -0.1) is 0 Å². The number of hydrogen-bond donors (Lipinski definition) is 2. The van der Waals surface area contributed by atoms with Crippen LogP contribution >= 0.6 is 0 Å². The molecule has 84 valence electrons. The molecule has 1 unspecified atom stereocenters. The van der Waals surface area contributed by atoms with Gasteiger partial charge >= 0.3 is 0 Å². The van der Waals surface area contributed by atoms with Crippen LogP contribution in [0.1, 0.15) is 29.2 Å². The van der Waals surface area contributed by atoms with E-state index in [9.17, 15) is 5.11 Å². The minimum Gasteiger partial charge on any atom is -0.497 e. The molecule has 0 aliphatic rings. The largest absolute Gasteiger partial charge is 0.497 e. The van der Waals surface area contributed by atoms with E-state index in [1.165, 1.54) is 0 Å². The lowest BCUT2D eigenvalue weighted by molar-refractivity contribution is 0.169. The lowest BCUT2D eigenvalue weighted by Gasteiger charge is -2.17. The molecule has 3 nitrogen and oxygen atoms in total. The molecule has 0 amide bonds. The van der Waals surface area contributed by atoms with E-state index in [1.54, 1.807) is 7.11 Å². The smallest absolute Gasteiger partial charge is 0.119 e. The Hall–Kier alpha value is -1.06. The maximum Gasteiger partial charge on any atom is 0.119 e. The van der Waals surface area contributed by atoms with Crippen LogP contribution in [0.15, 0.2) is 12.1 Å². The number of benzene rings is 1. The molecule has 0 aromatic heterocycles. The van der Waals surface area contributed by atoms with Gasteiger partial charge in [-0.2, -0.15) is 0 Å². The molecule has 0 spiro atoms. The standard InChI is InChI=1S/C12H19NO2/c1-8-6-10(15-3)7-9(2)12(8)11(14)4-5-13/h6-7,11,14H,4-5,13H2,1-3H3. The number of ether oxygens (including phenoxy) is 1. The van der Waals surface area contributed by atoms with Crippen LogP contribution in [0.25, 0.3) is 0 Å². The third kappa shape index (κ3) is 2.70. The maximum atomic E-state index is 9.92. The first-order valence-electron chi connectivity index (χ1n) is 5.13. The van der Waals surface area contributed by atoms with Gasteiger partial charge in [0, 0.05) is 0 Å². The van der Waals surface area contributed by atoms with Crippen LogP contribution in [0.5, 0.6) is 5.75 Å². The normalized spacial score (nSPS) is 12.6. The zero-order valence-corrected chi connectivity index (χ0v) is 9.58. The first-order chi connectivity index (χ1) is 7.10. The summed E-state index contributed by atoms with van der Waals surface area (Å²) in [7, 11) is 1.64. The van der Waals surface area contributed by atoms with Crippen LogP contribution < -0.4 is 10.5 Å². The summed E-state index contributed by atoms with van der Waals surface area (Å²) >= 11 is 0. The highest BCUT2D eigenvalue weighted by Crippen LogP contribution is 2.28. The molecule has 0 fully saturated rings. The zero-order chi connectivity index (χ0) is 11.4. The Morgan fingerprint density at radius 3 is 2.27 bits per heavy atom. The second kappa shape index (κ2) is 5.14. The molecule has 0 saturated heterocycles. The van der Waals surface area contributed by atoms with Crippen LogP contribution in [0.4, 0.5) is 0 Å². The number of nitrogens with two attached hydrogens (primary N) is 1. The van der Waals surface area contributed by atoms with Crippen molar-refractivity contribution in [2.75, 3.05) is 13.7 Å². The fourth-order valence-electron chi connectivity index (χ4n) is 1.88. The number of hydrogen-bond acceptors (Lipinski definition) is 3. The van der Waals surface area contributed by atoms with E-state index in [-0.39, 0.29) is 0 Å². The number of methoxy groups -OCH3 is 1. The summed E-state index contributed by atoms with van der Waals surface area (Å²) in [4.78, 5) is 0. The molecule has 1 aromatic carbocycles. The Labute approximate surface area is 90.9 Å². The molecule has 15 heavy (non-hydrogen) atoms. The fourth-order valence-corrected chi connectivity index (χ4v) is 1.88. The van der Waals surface area contributed by atoms with Gasteiger partial charge in [0.2, 0.25) is 0 Å². The Morgan fingerprint density at radius 1 is 1.33 bits per heavy atom. The van der Waals surface area contributed by atoms with Gasteiger partial charge < -0.3 is 15.6 Å². The number of aryl methyl sites for hydroxylation is 2. The monoisotopic (exact) mass is 209 g/mol. The average molecular weight is 209 g/mol. The van der Waals surface area contributed by atoms with E-state index in [2.05, 4.69) is 0 Å². The molecule has 3 heteroatoms. The highest BCUT2D eigenvalue weighted by molar-refractivity contribution is 5.42. The number of aliphatic hydroxyl groups excluding tert-OH is 1. The molecular formula is C12H19NO2. The van der Waals surface area contributed by atoms with Crippen molar-refractivity contribution in [3.63, 3.8) is 0 Å². The third-order valence-electron chi connectivity index (χ3n) is 2.58. The predicted octanol–water partition coefficient (Wildman–Crippen LogP) is 1.69. The molecule has 0 aliphatic carbocycles. The zero-order valence-electron chi connectivity index (χ0n) is 9.58. The predicted molar refractivity (Wildman–Crippen MR) is 61.1 cm³/mol. The van der Waals surface area contributed by atoms with E-state index in [0.29, 0.717) is 13.0 Å². The van der Waals surface area contributed by atoms with E-state index in [0.717, 1.165) is 22.4 Å². The molecule has 1 atom stereocenters. The van der Waals surface area contributed by atoms with Crippen LogP contribution in [0.2, 0.25) is 0 Å². The van der Waals surface area contributed by atoms with Gasteiger partial charge in [0.25, 0.3) is 0 Å². The summed E-state index contributed by atoms with van der Waals surface area (Å²) in [5.41, 5.74) is 8.51. The highest BCUT2D eigenvalue weighted by atomic mass is 16.5. The van der Waals surface area contributed by atoms with Crippen LogP contribution in [-0.4, -0.2) is 18.8 Å². The minimum absolute atomic E-state index is 0.471. The summed E-state index contributed by atoms with van der Waals surface area (Å²) in [6.07, 6.45) is 0.120. The van der Waals surface area contributed by atoms with Crippen molar-refractivity contribution in [2.45, 2.75) is 26.4 Å². The van der Waals surface area contributed by atoms with E-state index >= 15 is 0 Å². The second-order valence-electron chi connectivity index (χ2n) is 3.77. The van der Waals surface area contributed by atoms with Crippen molar-refractivity contribution in [1.29, 1.82) is 0 Å². The van der Waals surface area contributed by atoms with Crippen molar-refractivity contribution >= 4 is 0 Å². The van der Waals surface area contributed by atoms with Gasteiger partial charge in [-0.25, -0.2) is 0 Å². The lowest BCUT2D eigenvalue weighted by Crippen LogP contribution is -2.09.